The zero-order valence-electron chi connectivity index (χ0n) is 10.2. The molecule has 0 bridgehead atoms. The molecule has 1 rings (SSSR count). The summed E-state index contributed by atoms with van der Waals surface area (Å²) >= 11 is 0. The summed E-state index contributed by atoms with van der Waals surface area (Å²) in [4.78, 5) is 15.1. The molecular formula is C13H14FN3O. The maximum Gasteiger partial charge on any atom is 0.264 e. The molecule has 1 aliphatic rings. The second-order valence-electron chi connectivity index (χ2n) is 3.55. The Balaban J connectivity index is 3.03. The van der Waals surface area contributed by atoms with Crippen molar-refractivity contribution in [2.45, 2.75) is 19.9 Å². The summed E-state index contributed by atoms with van der Waals surface area (Å²) in [5.74, 6) is 4.59. The van der Waals surface area contributed by atoms with Gasteiger partial charge in [0.2, 0.25) is 0 Å². The molecule has 0 aromatic heterocycles. The van der Waals surface area contributed by atoms with E-state index in [-0.39, 0.29) is 17.7 Å². The molecule has 1 aliphatic heterocycles. The number of guanidine groups is 1. The Morgan fingerprint density at radius 3 is 2.78 bits per heavy atom. The molecule has 0 saturated carbocycles. The zero-order chi connectivity index (χ0) is 13.7. The fourth-order valence-electron chi connectivity index (χ4n) is 1.31. The molecule has 94 valence electrons. The maximum absolute atomic E-state index is 13.4. The van der Waals surface area contributed by atoms with Crippen molar-refractivity contribution in [3.05, 3.63) is 35.7 Å². The van der Waals surface area contributed by atoms with E-state index in [1.807, 2.05) is 0 Å². The van der Waals surface area contributed by atoms with Crippen LogP contribution in [0.15, 0.2) is 40.7 Å². The molecule has 1 atom stereocenters. The SMILES string of the molecule is C=C/C(C#CC1N=C(N)NC1=O)=C(C)\C(F)=C/C. The first kappa shape index (κ1) is 13.7. The van der Waals surface area contributed by atoms with Gasteiger partial charge in [-0.25, -0.2) is 9.38 Å². The van der Waals surface area contributed by atoms with Gasteiger partial charge in [-0.1, -0.05) is 30.6 Å². The summed E-state index contributed by atoms with van der Waals surface area (Å²) < 4.78 is 13.4. The molecular weight excluding hydrogens is 233 g/mol. The Kier molecular flexibility index (Phi) is 4.44. The van der Waals surface area contributed by atoms with E-state index in [0.717, 1.165) is 0 Å². The molecule has 0 spiro atoms. The van der Waals surface area contributed by atoms with Crippen molar-refractivity contribution in [2.75, 3.05) is 0 Å². The third-order valence-electron chi connectivity index (χ3n) is 2.33. The summed E-state index contributed by atoms with van der Waals surface area (Å²) in [6, 6.07) is -0.846. The van der Waals surface area contributed by atoms with E-state index in [9.17, 15) is 9.18 Å². The number of nitrogens with one attached hydrogen (secondary N) is 1. The van der Waals surface area contributed by atoms with Crippen LogP contribution < -0.4 is 11.1 Å². The standard InChI is InChI=1S/C13H14FN3O/c1-4-9(8(3)10(14)5-2)6-7-11-12(18)17-13(15)16-11/h4-5,11H,1H2,2-3H3,(H3,15,16,17,18)/b9-8+,10-5+. The van der Waals surface area contributed by atoms with Gasteiger partial charge in [-0.2, -0.15) is 0 Å². The fraction of sp³-hybridized carbons (Fsp3) is 0.231. The largest absolute Gasteiger partial charge is 0.370 e. The molecule has 18 heavy (non-hydrogen) atoms. The van der Waals surface area contributed by atoms with Crippen LogP contribution in [0.25, 0.3) is 0 Å². The van der Waals surface area contributed by atoms with Crippen molar-refractivity contribution in [2.24, 2.45) is 10.7 Å². The Morgan fingerprint density at radius 2 is 2.33 bits per heavy atom. The van der Waals surface area contributed by atoms with Crippen LogP contribution in [0.2, 0.25) is 0 Å². The van der Waals surface area contributed by atoms with Gasteiger partial charge in [0, 0.05) is 5.57 Å². The van der Waals surface area contributed by atoms with E-state index in [0.29, 0.717) is 11.1 Å². The zero-order valence-corrected chi connectivity index (χ0v) is 10.2. The summed E-state index contributed by atoms with van der Waals surface area (Å²) in [5, 5.41) is 2.33. The minimum atomic E-state index is -0.846. The number of nitrogens with two attached hydrogens (primary N) is 1. The maximum atomic E-state index is 13.4. The lowest BCUT2D eigenvalue weighted by Crippen LogP contribution is -2.32. The highest BCUT2D eigenvalue weighted by molar-refractivity contribution is 6.05. The molecule has 0 saturated heterocycles. The number of aliphatic imine (C=N–C) groups is 1. The highest BCUT2D eigenvalue weighted by Gasteiger charge is 2.22. The van der Waals surface area contributed by atoms with Gasteiger partial charge >= 0.3 is 0 Å². The highest BCUT2D eigenvalue weighted by Crippen LogP contribution is 2.15. The number of nitrogens with zero attached hydrogens (tertiary/aromatic N) is 1. The normalized spacial score (nSPS) is 20.4. The van der Waals surface area contributed by atoms with Crippen LogP contribution >= 0.6 is 0 Å². The molecule has 0 aromatic rings. The van der Waals surface area contributed by atoms with Crippen LogP contribution in [0, 0.1) is 11.8 Å². The van der Waals surface area contributed by atoms with Crippen molar-refractivity contribution in [1.82, 2.24) is 5.32 Å². The first-order valence-electron chi connectivity index (χ1n) is 5.30. The van der Waals surface area contributed by atoms with E-state index >= 15 is 0 Å². The van der Waals surface area contributed by atoms with Gasteiger partial charge in [0.1, 0.15) is 5.83 Å². The number of rotatable bonds is 2. The minimum Gasteiger partial charge on any atom is -0.370 e. The number of hydrogen-bond donors (Lipinski definition) is 2. The molecule has 1 unspecified atom stereocenters. The highest BCUT2D eigenvalue weighted by atomic mass is 19.1. The molecule has 1 heterocycles. The number of carbonyl (C=O) groups excluding carboxylic acids is 1. The Hall–Kier alpha value is -2.35. The first-order valence-corrected chi connectivity index (χ1v) is 5.30. The third kappa shape index (κ3) is 3.08. The second-order valence-corrected chi connectivity index (χ2v) is 3.55. The van der Waals surface area contributed by atoms with Crippen molar-refractivity contribution in [3.8, 4) is 11.8 Å². The van der Waals surface area contributed by atoms with E-state index in [1.54, 1.807) is 13.8 Å². The summed E-state index contributed by atoms with van der Waals surface area (Å²) in [6.07, 6.45) is 2.77. The van der Waals surface area contributed by atoms with Crippen LogP contribution in [0.3, 0.4) is 0 Å². The van der Waals surface area contributed by atoms with E-state index in [2.05, 4.69) is 28.7 Å². The predicted octanol–water partition coefficient (Wildman–Crippen LogP) is 1.18. The molecule has 0 aliphatic carbocycles. The lowest BCUT2D eigenvalue weighted by molar-refractivity contribution is -0.119. The van der Waals surface area contributed by atoms with Gasteiger partial charge in [-0.05, 0) is 19.4 Å². The van der Waals surface area contributed by atoms with Crippen LogP contribution in [0.5, 0.6) is 0 Å². The van der Waals surface area contributed by atoms with Gasteiger partial charge in [0.05, 0.1) is 0 Å². The fourth-order valence-corrected chi connectivity index (χ4v) is 1.31. The van der Waals surface area contributed by atoms with Crippen LogP contribution in [-0.4, -0.2) is 17.9 Å². The van der Waals surface area contributed by atoms with Gasteiger partial charge in [-0.3, -0.25) is 10.1 Å². The topological polar surface area (TPSA) is 67.5 Å². The van der Waals surface area contributed by atoms with Crippen LogP contribution in [0.4, 0.5) is 4.39 Å². The summed E-state index contributed by atoms with van der Waals surface area (Å²) in [5.41, 5.74) is 6.12. The van der Waals surface area contributed by atoms with Crippen molar-refractivity contribution < 1.29 is 9.18 Å². The third-order valence-corrected chi connectivity index (χ3v) is 2.33. The van der Waals surface area contributed by atoms with Gasteiger partial charge in [0.25, 0.3) is 5.91 Å². The molecule has 3 N–H and O–H groups in total. The Morgan fingerprint density at radius 1 is 1.67 bits per heavy atom. The quantitative estimate of drug-likeness (QED) is 0.568. The van der Waals surface area contributed by atoms with E-state index in [4.69, 9.17) is 5.73 Å². The monoisotopic (exact) mass is 247 g/mol. The number of amides is 1. The molecule has 4 nitrogen and oxygen atoms in total. The van der Waals surface area contributed by atoms with E-state index < -0.39 is 6.04 Å². The van der Waals surface area contributed by atoms with Gasteiger partial charge < -0.3 is 5.73 Å². The number of carbonyl (C=O) groups is 1. The summed E-state index contributed by atoms with van der Waals surface area (Å²) in [6.45, 7) is 6.74. The molecule has 5 heteroatoms. The number of hydrogen-bond acceptors (Lipinski definition) is 3. The van der Waals surface area contributed by atoms with Gasteiger partial charge in [0.15, 0.2) is 12.0 Å². The molecule has 0 radical (unpaired) electrons. The van der Waals surface area contributed by atoms with Gasteiger partial charge in [-0.15, -0.1) is 0 Å². The van der Waals surface area contributed by atoms with Crippen LogP contribution in [-0.2, 0) is 4.79 Å². The predicted molar refractivity (Wildman–Crippen MR) is 69.1 cm³/mol. The molecule has 0 fully saturated rings. The summed E-state index contributed by atoms with van der Waals surface area (Å²) in [7, 11) is 0. The smallest absolute Gasteiger partial charge is 0.264 e. The molecule has 1 amide bonds. The first-order chi connectivity index (χ1) is 8.49. The lowest BCUT2D eigenvalue weighted by Gasteiger charge is -1.99. The Bertz CT molecular complexity index is 532. The van der Waals surface area contributed by atoms with Crippen molar-refractivity contribution in [3.63, 3.8) is 0 Å². The minimum absolute atomic E-state index is 0.0415. The number of allylic oxidation sites excluding steroid dienone is 5. The average Bonchev–Trinajstić information content (AvgIpc) is 2.67. The average molecular weight is 247 g/mol. The number of halogens is 1. The van der Waals surface area contributed by atoms with Crippen molar-refractivity contribution in [1.29, 1.82) is 0 Å². The van der Waals surface area contributed by atoms with Crippen LogP contribution in [0.1, 0.15) is 13.8 Å². The Labute approximate surface area is 105 Å². The van der Waals surface area contributed by atoms with Crippen molar-refractivity contribution >= 4 is 11.9 Å². The molecule has 0 aromatic carbocycles. The lowest BCUT2D eigenvalue weighted by atomic mass is 10.1. The second kappa shape index (κ2) is 5.82. The van der Waals surface area contributed by atoms with E-state index in [1.165, 1.54) is 12.2 Å².